The van der Waals surface area contributed by atoms with E-state index in [2.05, 4.69) is 15.3 Å². The van der Waals surface area contributed by atoms with E-state index in [-0.39, 0.29) is 21.5 Å². The number of nitrogens with zero attached hydrogens (tertiary/aromatic N) is 3. The molecule has 0 radical (unpaired) electrons. The third-order valence-corrected chi connectivity index (χ3v) is 6.97. The van der Waals surface area contributed by atoms with Crippen LogP contribution in [0.1, 0.15) is 23.2 Å². The number of hydrogen-bond donors (Lipinski definition) is 1. The zero-order chi connectivity index (χ0) is 21.8. The summed E-state index contributed by atoms with van der Waals surface area (Å²) < 4.78 is 32.5. The highest BCUT2D eigenvalue weighted by Gasteiger charge is 2.28. The van der Waals surface area contributed by atoms with Crippen molar-refractivity contribution in [3.05, 3.63) is 71.5 Å². The van der Waals surface area contributed by atoms with Crippen LogP contribution in [0, 0.1) is 0 Å². The smallest absolute Gasteiger partial charge is 0.321 e. The van der Waals surface area contributed by atoms with E-state index in [1.54, 1.807) is 42.7 Å². The van der Waals surface area contributed by atoms with Crippen LogP contribution in [0.25, 0.3) is 0 Å². The van der Waals surface area contributed by atoms with Gasteiger partial charge < -0.3 is 10.1 Å². The normalized spacial score (nSPS) is 14.4. The van der Waals surface area contributed by atoms with Crippen molar-refractivity contribution < 1.29 is 17.9 Å². The maximum atomic E-state index is 12.8. The highest BCUT2D eigenvalue weighted by molar-refractivity contribution is 7.89. The molecule has 3 aromatic rings. The lowest BCUT2D eigenvalue weighted by atomic mass is 10.2. The lowest BCUT2D eigenvalue weighted by molar-refractivity contribution is 0.102. The lowest BCUT2D eigenvalue weighted by Gasteiger charge is -2.16. The van der Waals surface area contributed by atoms with E-state index in [0.29, 0.717) is 24.5 Å². The molecule has 10 heteroatoms. The Morgan fingerprint density at radius 2 is 1.71 bits per heavy atom. The van der Waals surface area contributed by atoms with Crippen molar-refractivity contribution in [1.29, 1.82) is 0 Å². The van der Waals surface area contributed by atoms with Crippen LogP contribution in [-0.2, 0) is 10.0 Å². The Hall–Kier alpha value is -3.01. The first kappa shape index (κ1) is 21.2. The van der Waals surface area contributed by atoms with Crippen molar-refractivity contribution in [2.45, 2.75) is 17.7 Å². The van der Waals surface area contributed by atoms with Crippen LogP contribution in [0.2, 0.25) is 5.02 Å². The summed E-state index contributed by atoms with van der Waals surface area (Å²) >= 11 is 6.18. The van der Waals surface area contributed by atoms with Crippen LogP contribution in [-0.4, -0.2) is 41.7 Å². The van der Waals surface area contributed by atoms with E-state index in [9.17, 15) is 13.2 Å². The van der Waals surface area contributed by atoms with E-state index in [0.717, 1.165) is 12.8 Å². The van der Waals surface area contributed by atoms with Gasteiger partial charge in [0.1, 0.15) is 5.75 Å². The Bertz CT molecular complexity index is 1180. The molecule has 0 atom stereocenters. The SMILES string of the molecule is O=C(Nc1ccc(Oc2ncccn2)cc1)c1cc(S(=O)(=O)N2CCCC2)ccc1Cl. The fourth-order valence-electron chi connectivity index (χ4n) is 3.16. The maximum Gasteiger partial charge on any atom is 0.321 e. The number of nitrogens with one attached hydrogen (secondary N) is 1. The number of rotatable bonds is 6. The number of ether oxygens (including phenoxy) is 1. The first-order chi connectivity index (χ1) is 14.9. The minimum absolute atomic E-state index is 0.0514. The molecule has 1 fully saturated rings. The number of anilines is 1. The quantitative estimate of drug-likeness (QED) is 0.600. The molecule has 2 aromatic carbocycles. The zero-order valence-corrected chi connectivity index (χ0v) is 17.9. The molecule has 0 unspecified atom stereocenters. The Morgan fingerprint density at radius 1 is 1.03 bits per heavy atom. The summed E-state index contributed by atoms with van der Waals surface area (Å²) in [6.45, 7) is 0.962. The molecule has 1 aliphatic rings. The molecule has 2 heterocycles. The van der Waals surface area contributed by atoms with Gasteiger partial charge in [0.15, 0.2) is 0 Å². The average Bonchev–Trinajstić information content (AvgIpc) is 3.32. The number of aromatic nitrogens is 2. The fourth-order valence-corrected chi connectivity index (χ4v) is 4.91. The number of halogens is 1. The Balaban J connectivity index is 1.49. The molecular weight excluding hydrogens is 440 g/mol. The first-order valence-corrected chi connectivity index (χ1v) is 11.4. The highest BCUT2D eigenvalue weighted by Crippen LogP contribution is 2.26. The van der Waals surface area contributed by atoms with Crippen LogP contribution in [0.3, 0.4) is 0 Å². The summed E-state index contributed by atoms with van der Waals surface area (Å²) in [5.41, 5.74) is 0.579. The van der Waals surface area contributed by atoms with Crippen molar-refractivity contribution in [3.63, 3.8) is 0 Å². The van der Waals surface area contributed by atoms with Crippen LogP contribution in [0.15, 0.2) is 65.8 Å². The molecule has 1 aliphatic heterocycles. The molecule has 8 nitrogen and oxygen atoms in total. The van der Waals surface area contributed by atoms with Crippen LogP contribution in [0.4, 0.5) is 5.69 Å². The molecule has 1 amide bonds. The van der Waals surface area contributed by atoms with Gasteiger partial charge in [0.25, 0.3) is 5.91 Å². The molecular formula is C21H19ClN4O4S. The predicted molar refractivity (Wildman–Crippen MR) is 116 cm³/mol. The molecule has 0 spiro atoms. The third kappa shape index (κ3) is 4.84. The van der Waals surface area contributed by atoms with Gasteiger partial charge in [-0.05, 0) is 61.4 Å². The Kier molecular flexibility index (Phi) is 6.17. The van der Waals surface area contributed by atoms with Gasteiger partial charge in [0.05, 0.1) is 15.5 Å². The minimum Gasteiger partial charge on any atom is -0.424 e. The summed E-state index contributed by atoms with van der Waals surface area (Å²) in [5, 5.41) is 2.89. The number of amides is 1. The van der Waals surface area contributed by atoms with E-state index in [4.69, 9.17) is 16.3 Å². The topological polar surface area (TPSA) is 101 Å². The minimum atomic E-state index is -3.65. The lowest BCUT2D eigenvalue weighted by Crippen LogP contribution is -2.28. The van der Waals surface area contributed by atoms with Gasteiger partial charge in [-0.2, -0.15) is 4.31 Å². The molecule has 0 bridgehead atoms. The van der Waals surface area contributed by atoms with Crippen molar-refractivity contribution in [3.8, 4) is 11.8 Å². The monoisotopic (exact) mass is 458 g/mol. The van der Waals surface area contributed by atoms with Gasteiger partial charge in [-0.1, -0.05) is 11.6 Å². The Labute approximate surface area is 184 Å². The van der Waals surface area contributed by atoms with Gasteiger partial charge in [0.2, 0.25) is 10.0 Å². The standard InChI is InChI=1S/C21H19ClN4O4S/c22-19-9-8-17(31(28,29)26-12-1-2-13-26)14-18(19)20(27)25-15-4-6-16(7-5-15)30-21-23-10-3-11-24-21/h3-11,14H,1-2,12-13H2,(H,25,27). The van der Waals surface area contributed by atoms with E-state index in [1.807, 2.05) is 0 Å². The van der Waals surface area contributed by atoms with Crippen LogP contribution >= 0.6 is 11.6 Å². The Morgan fingerprint density at radius 3 is 2.39 bits per heavy atom. The van der Waals surface area contributed by atoms with Crippen molar-refractivity contribution in [2.24, 2.45) is 0 Å². The molecule has 160 valence electrons. The first-order valence-electron chi connectivity index (χ1n) is 9.59. The molecule has 1 N–H and O–H groups in total. The fraction of sp³-hybridized carbons (Fsp3) is 0.190. The molecule has 0 aliphatic carbocycles. The predicted octanol–water partition coefficient (Wildman–Crippen LogP) is 3.96. The molecule has 4 rings (SSSR count). The molecule has 0 saturated carbocycles. The van der Waals surface area contributed by atoms with Gasteiger partial charge in [0, 0.05) is 31.2 Å². The summed E-state index contributed by atoms with van der Waals surface area (Å²) in [7, 11) is -3.65. The number of carbonyl (C=O) groups excluding carboxylic acids is 1. The average molecular weight is 459 g/mol. The van der Waals surface area contributed by atoms with E-state index < -0.39 is 15.9 Å². The van der Waals surface area contributed by atoms with E-state index in [1.165, 1.54) is 22.5 Å². The summed E-state index contributed by atoms with van der Waals surface area (Å²) in [5.74, 6) is -0.00975. The van der Waals surface area contributed by atoms with Crippen molar-refractivity contribution >= 4 is 33.2 Å². The van der Waals surface area contributed by atoms with Crippen molar-refractivity contribution in [1.82, 2.24) is 14.3 Å². The van der Waals surface area contributed by atoms with E-state index >= 15 is 0 Å². The summed E-state index contributed by atoms with van der Waals surface area (Å²) in [4.78, 5) is 20.8. The number of sulfonamides is 1. The molecule has 1 aromatic heterocycles. The second kappa shape index (κ2) is 9.01. The molecule has 1 saturated heterocycles. The second-order valence-electron chi connectivity index (χ2n) is 6.86. The van der Waals surface area contributed by atoms with Crippen molar-refractivity contribution in [2.75, 3.05) is 18.4 Å². The largest absolute Gasteiger partial charge is 0.424 e. The van der Waals surface area contributed by atoms with Gasteiger partial charge in [-0.25, -0.2) is 18.4 Å². The third-order valence-electron chi connectivity index (χ3n) is 4.75. The summed E-state index contributed by atoms with van der Waals surface area (Å²) in [6.07, 6.45) is 4.80. The second-order valence-corrected chi connectivity index (χ2v) is 9.21. The van der Waals surface area contributed by atoms with Gasteiger partial charge >= 0.3 is 6.01 Å². The molecule has 31 heavy (non-hydrogen) atoms. The van der Waals surface area contributed by atoms with Crippen LogP contribution < -0.4 is 10.1 Å². The van der Waals surface area contributed by atoms with Crippen LogP contribution in [0.5, 0.6) is 11.8 Å². The summed E-state index contributed by atoms with van der Waals surface area (Å²) in [6, 6.07) is 12.7. The number of carbonyl (C=O) groups is 1. The van der Waals surface area contributed by atoms with Gasteiger partial charge in [-0.15, -0.1) is 0 Å². The zero-order valence-electron chi connectivity index (χ0n) is 16.4. The maximum absolute atomic E-state index is 12.8. The van der Waals surface area contributed by atoms with Gasteiger partial charge in [-0.3, -0.25) is 4.79 Å². The number of benzene rings is 2. The number of hydrogen-bond acceptors (Lipinski definition) is 6. The highest BCUT2D eigenvalue weighted by atomic mass is 35.5.